The van der Waals surface area contributed by atoms with Gasteiger partial charge in [0.1, 0.15) is 12.4 Å². The fourth-order valence-corrected chi connectivity index (χ4v) is 2.79. The second-order valence-electron chi connectivity index (χ2n) is 4.45. The molecule has 2 nitrogen and oxygen atoms in total. The van der Waals surface area contributed by atoms with Gasteiger partial charge in [-0.15, -0.1) is 0 Å². The summed E-state index contributed by atoms with van der Waals surface area (Å²) in [5.41, 5.74) is 1.30. The summed E-state index contributed by atoms with van der Waals surface area (Å²) < 4.78 is 5.67. The van der Waals surface area contributed by atoms with Gasteiger partial charge in [-0.2, -0.15) is 0 Å². The zero-order valence-electron chi connectivity index (χ0n) is 8.98. The predicted octanol–water partition coefficient (Wildman–Crippen LogP) is 2.83. The van der Waals surface area contributed by atoms with Crippen LogP contribution in [-0.4, -0.2) is 19.2 Å². The second-order valence-corrected chi connectivity index (χ2v) is 4.45. The quantitative estimate of drug-likeness (QED) is 0.696. The molecule has 0 atom stereocenters. The summed E-state index contributed by atoms with van der Waals surface area (Å²) in [7, 11) is 0. The van der Waals surface area contributed by atoms with Crippen LogP contribution >= 0.6 is 0 Å². The molecule has 0 N–H and O–H groups in total. The second kappa shape index (κ2) is 3.76. The third-order valence-corrected chi connectivity index (χ3v) is 3.53. The van der Waals surface area contributed by atoms with Crippen molar-refractivity contribution in [3.8, 4) is 5.75 Å². The minimum Gasteiger partial charge on any atom is -0.490 e. The van der Waals surface area contributed by atoms with Crippen LogP contribution in [0.25, 0.3) is 0 Å². The number of hydrogen-bond donors (Lipinski definition) is 0. The van der Waals surface area contributed by atoms with Crippen LogP contribution in [0.5, 0.6) is 5.75 Å². The van der Waals surface area contributed by atoms with Gasteiger partial charge in [-0.3, -0.25) is 0 Å². The Hall–Kier alpha value is -1.18. The van der Waals surface area contributed by atoms with E-state index in [1.165, 1.54) is 31.4 Å². The van der Waals surface area contributed by atoms with Gasteiger partial charge in [0.05, 0.1) is 12.2 Å². The molecule has 15 heavy (non-hydrogen) atoms. The maximum Gasteiger partial charge on any atom is 0.142 e. The van der Waals surface area contributed by atoms with Crippen LogP contribution in [0.3, 0.4) is 0 Å². The van der Waals surface area contributed by atoms with Crippen LogP contribution in [0, 0.1) is 0 Å². The molecule has 0 amide bonds. The molecular formula is C13H17NO. The maximum absolute atomic E-state index is 5.67. The van der Waals surface area contributed by atoms with Crippen LogP contribution in [0.4, 0.5) is 5.69 Å². The largest absolute Gasteiger partial charge is 0.490 e. The van der Waals surface area contributed by atoms with E-state index in [0.29, 0.717) is 0 Å². The number of para-hydroxylation sites is 2. The Morgan fingerprint density at radius 1 is 1.13 bits per heavy atom. The highest BCUT2D eigenvalue weighted by molar-refractivity contribution is 5.60. The number of ether oxygens (including phenoxy) is 1. The van der Waals surface area contributed by atoms with E-state index < -0.39 is 0 Å². The van der Waals surface area contributed by atoms with Gasteiger partial charge in [0.25, 0.3) is 0 Å². The van der Waals surface area contributed by atoms with Gasteiger partial charge in [-0.1, -0.05) is 25.0 Å². The van der Waals surface area contributed by atoms with Crippen molar-refractivity contribution in [3.63, 3.8) is 0 Å². The summed E-state index contributed by atoms with van der Waals surface area (Å²) in [6, 6.07) is 9.19. The minimum absolute atomic E-state index is 0.759. The van der Waals surface area contributed by atoms with E-state index in [4.69, 9.17) is 4.74 Å². The van der Waals surface area contributed by atoms with Crippen molar-refractivity contribution >= 4 is 5.69 Å². The number of fused-ring (bicyclic) bond motifs is 1. The van der Waals surface area contributed by atoms with Gasteiger partial charge >= 0.3 is 0 Å². The van der Waals surface area contributed by atoms with E-state index in [-0.39, 0.29) is 0 Å². The van der Waals surface area contributed by atoms with E-state index in [2.05, 4.69) is 29.2 Å². The summed E-state index contributed by atoms with van der Waals surface area (Å²) in [5, 5.41) is 0. The first-order chi connectivity index (χ1) is 7.45. The van der Waals surface area contributed by atoms with E-state index in [0.717, 1.165) is 24.9 Å². The van der Waals surface area contributed by atoms with Crippen LogP contribution in [-0.2, 0) is 0 Å². The SMILES string of the molecule is c1ccc2c(c1)OCCN2C1CCCC1. The molecule has 0 saturated heterocycles. The van der Waals surface area contributed by atoms with E-state index in [9.17, 15) is 0 Å². The molecule has 1 saturated carbocycles. The number of nitrogens with zero attached hydrogens (tertiary/aromatic N) is 1. The van der Waals surface area contributed by atoms with Gasteiger partial charge in [0, 0.05) is 6.04 Å². The average molecular weight is 203 g/mol. The lowest BCUT2D eigenvalue weighted by atomic mass is 10.1. The highest BCUT2D eigenvalue weighted by Crippen LogP contribution is 2.36. The Bertz CT molecular complexity index is 344. The van der Waals surface area contributed by atoms with Gasteiger partial charge in [0.15, 0.2) is 0 Å². The van der Waals surface area contributed by atoms with E-state index >= 15 is 0 Å². The Balaban J connectivity index is 1.91. The normalized spacial score (nSPS) is 21.2. The Kier molecular flexibility index (Phi) is 2.28. The molecule has 2 heteroatoms. The fraction of sp³-hybridized carbons (Fsp3) is 0.538. The molecule has 0 unspecified atom stereocenters. The first-order valence-corrected chi connectivity index (χ1v) is 5.93. The van der Waals surface area contributed by atoms with Crippen molar-refractivity contribution in [3.05, 3.63) is 24.3 Å². The van der Waals surface area contributed by atoms with Crippen molar-refractivity contribution in [2.75, 3.05) is 18.1 Å². The molecular weight excluding hydrogens is 186 g/mol. The number of hydrogen-bond acceptors (Lipinski definition) is 2. The van der Waals surface area contributed by atoms with Crippen LogP contribution in [0.1, 0.15) is 25.7 Å². The van der Waals surface area contributed by atoms with Crippen LogP contribution in [0.2, 0.25) is 0 Å². The first kappa shape index (κ1) is 9.08. The topological polar surface area (TPSA) is 12.5 Å². The lowest BCUT2D eigenvalue weighted by molar-refractivity contribution is 0.300. The third-order valence-electron chi connectivity index (χ3n) is 3.53. The summed E-state index contributed by atoms with van der Waals surface area (Å²) in [4.78, 5) is 2.55. The standard InChI is InChI=1S/C13H17NO/c1-2-6-11(5-1)14-9-10-15-13-8-4-3-7-12(13)14/h3-4,7-8,11H,1-2,5-6,9-10H2. The Morgan fingerprint density at radius 3 is 2.80 bits per heavy atom. The molecule has 1 aromatic carbocycles. The molecule has 80 valence electrons. The van der Waals surface area contributed by atoms with E-state index in [1.54, 1.807) is 0 Å². The van der Waals surface area contributed by atoms with Gasteiger partial charge in [-0.25, -0.2) is 0 Å². The molecule has 1 aromatic rings. The smallest absolute Gasteiger partial charge is 0.142 e. The highest BCUT2D eigenvalue weighted by Gasteiger charge is 2.26. The van der Waals surface area contributed by atoms with Gasteiger partial charge in [-0.05, 0) is 25.0 Å². The van der Waals surface area contributed by atoms with Gasteiger partial charge in [0.2, 0.25) is 0 Å². The predicted molar refractivity (Wildman–Crippen MR) is 61.5 cm³/mol. The van der Waals surface area contributed by atoms with Crippen molar-refractivity contribution in [2.24, 2.45) is 0 Å². The monoisotopic (exact) mass is 203 g/mol. The summed E-state index contributed by atoms with van der Waals surface area (Å²) >= 11 is 0. The van der Waals surface area contributed by atoms with Gasteiger partial charge < -0.3 is 9.64 Å². The van der Waals surface area contributed by atoms with E-state index in [1.807, 2.05) is 0 Å². The molecule has 1 heterocycles. The molecule has 1 aliphatic carbocycles. The average Bonchev–Trinajstić information content (AvgIpc) is 2.82. The molecule has 0 radical (unpaired) electrons. The Labute approximate surface area is 90.8 Å². The van der Waals surface area contributed by atoms with Crippen molar-refractivity contribution in [1.82, 2.24) is 0 Å². The zero-order chi connectivity index (χ0) is 10.1. The molecule has 2 aliphatic rings. The number of rotatable bonds is 1. The molecule has 0 spiro atoms. The minimum atomic E-state index is 0.759. The third kappa shape index (κ3) is 1.58. The summed E-state index contributed by atoms with van der Waals surface area (Å²) in [5.74, 6) is 1.07. The van der Waals surface area contributed by atoms with Crippen LogP contribution in [0.15, 0.2) is 24.3 Å². The molecule has 1 aliphatic heterocycles. The van der Waals surface area contributed by atoms with Crippen molar-refractivity contribution < 1.29 is 4.74 Å². The maximum atomic E-state index is 5.67. The fourth-order valence-electron chi connectivity index (χ4n) is 2.79. The summed E-state index contributed by atoms with van der Waals surface area (Å²) in [6.45, 7) is 1.90. The first-order valence-electron chi connectivity index (χ1n) is 5.93. The molecule has 1 fully saturated rings. The summed E-state index contributed by atoms with van der Waals surface area (Å²) in [6.07, 6.45) is 5.50. The number of benzene rings is 1. The molecule has 3 rings (SSSR count). The zero-order valence-corrected chi connectivity index (χ0v) is 8.98. The highest BCUT2D eigenvalue weighted by atomic mass is 16.5. The van der Waals surface area contributed by atoms with Crippen LogP contribution < -0.4 is 9.64 Å². The molecule has 0 aromatic heterocycles. The van der Waals surface area contributed by atoms with Crippen molar-refractivity contribution in [1.29, 1.82) is 0 Å². The lowest BCUT2D eigenvalue weighted by Crippen LogP contribution is -2.39. The van der Waals surface area contributed by atoms with Crippen molar-refractivity contribution in [2.45, 2.75) is 31.7 Å². The Morgan fingerprint density at radius 2 is 1.93 bits per heavy atom. The lowest BCUT2D eigenvalue weighted by Gasteiger charge is -2.35. The molecule has 0 bridgehead atoms. The number of anilines is 1.